The molecular weight excluding hydrogens is 445 g/mol. The van der Waals surface area contributed by atoms with Gasteiger partial charge < -0.3 is 10.0 Å². The highest BCUT2D eigenvalue weighted by Crippen LogP contribution is 2.21. The molecule has 0 bridgehead atoms. The highest BCUT2D eigenvalue weighted by atomic mass is 127. The molecule has 0 radical (unpaired) electrons. The van der Waals surface area contributed by atoms with Gasteiger partial charge in [0.2, 0.25) is 11.3 Å². The van der Waals surface area contributed by atoms with E-state index in [1.54, 1.807) is 18.9 Å². The molecule has 7 nitrogen and oxygen atoms in total. The second-order valence-corrected chi connectivity index (χ2v) is 8.06. The van der Waals surface area contributed by atoms with E-state index in [1.165, 1.54) is 0 Å². The number of halogens is 1. The van der Waals surface area contributed by atoms with Crippen LogP contribution in [-0.2, 0) is 16.1 Å². The highest BCUT2D eigenvalue weighted by molar-refractivity contribution is 14.1. The maximum Gasteiger partial charge on any atom is 0.323 e. The topological polar surface area (TPSA) is 84.3 Å². The Morgan fingerprint density at radius 2 is 1.75 bits per heavy atom. The fraction of sp³-hybridized carbons (Fsp3) is 0.533. The fourth-order valence-corrected chi connectivity index (χ4v) is 4.06. The quantitative estimate of drug-likeness (QED) is 0.491. The molecule has 0 spiro atoms. The lowest BCUT2D eigenvalue weighted by Crippen LogP contribution is -2.60. The Bertz CT molecular complexity index is 591. The number of hydrogen-bond acceptors (Lipinski definition) is 4. The molecule has 24 heavy (non-hydrogen) atoms. The number of anilines is 1. The lowest BCUT2D eigenvalue weighted by molar-refractivity contribution is -0.148. The third-order valence-electron chi connectivity index (χ3n) is 4.01. The van der Waals surface area contributed by atoms with Crippen LogP contribution >= 0.6 is 22.6 Å². The number of nitrogens with zero attached hydrogens (tertiary/aromatic N) is 3. The van der Waals surface area contributed by atoms with E-state index in [0.29, 0.717) is 26.2 Å². The van der Waals surface area contributed by atoms with Crippen LogP contribution in [0, 0.1) is 9.49 Å². The summed E-state index contributed by atoms with van der Waals surface area (Å²) in [5.41, 5.74) is 1.10. The van der Waals surface area contributed by atoms with Crippen molar-refractivity contribution in [2.45, 2.75) is 19.9 Å². The fourth-order valence-electron chi connectivity index (χ4n) is 2.81. The normalized spacial score (nSPS) is 18.8. The summed E-state index contributed by atoms with van der Waals surface area (Å²) >= 11 is -0.117. The number of carbonyl (C=O) groups is 1. The van der Waals surface area contributed by atoms with E-state index in [1.807, 2.05) is 24.3 Å². The van der Waals surface area contributed by atoms with Crippen LogP contribution in [0.15, 0.2) is 24.3 Å². The zero-order valence-corrected chi connectivity index (χ0v) is 16.6. The zero-order chi connectivity index (χ0) is 17.9. The van der Waals surface area contributed by atoms with Gasteiger partial charge in [0.1, 0.15) is 6.04 Å². The number of hydrazine groups is 1. The molecule has 1 saturated heterocycles. The molecule has 1 heterocycles. The van der Waals surface area contributed by atoms with Crippen LogP contribution in [0.5, 0.6) is 0 Å². The predicted molar refractivity (Wildman–Crippen MR) is 102 cm³/mol. The summed E-state index contributed by atoms with van der Waals surface area (Å²) in [6.45, 7) is 5.79. The molecule has 1 aromatic rings. The summed E-state index contributed by atoms with van der Waals surface area (Å²) in [4.78, 5) is 13.7. The summed E-state index contributed by atoms with van der Waals surface area (Å²) in [5, 5.41) is 11.1. The summed E-state index contributed by atoms with van der Waals surface area (Å²) in [6, 6.07) is 7.15. The van der Waals surface area contributed by atoms with Crippen LogP contribution in [0.4, 0.5) is 5.69 Å². The third-order valence-corrected chi connectivity index (χ3v) is 5.51. The van der Waals surface area contributed by atoms with E-state index in [0.717, 1.165) is 13.7 Å². The van der Waals surface area contributed by atoms with Crippen molar-refractivity contribution in [2.75, 3.05) is 31.1 Å². The number of piperazine rings is 1. The first-order valence-electron chi connectivity index (χ1n) is 7.69. The molecule has 0 saturated carbocycles. The van der Waals surface area contributed by atoms with E-state index < -0.39 is 23.3 Å². The van der Waals surface area contributed by atoms with E-state index in [-0.39, 0.29) is 5.92 Å². The van der Waals surface area contributed by atoms with E-state index >= 15 is 0 Å². The third kappa shape index (κ3) is 4.66. The van der Waals surface area contributed by atoms with E-state index in [2.05, 4.69) is 27.5 Å². The van der Waals surface area contributed by atoms with Crippen molar-refractivity contribution in [1.82, 2.24) is 9.42 Å². The SMILES string of the molecule is CC(C)C(C(=O)O)N(N1CCN(c2ccc(I)cc2)CC1)S(=O)O. The van der Waals surface area contributed by atoms with Crippen molar-refractivity contribution in [2.24, 2.45) is 5.92 Å². The monoisotopic (exact) mass is 467 g/mol. The van der Waals surface area contributed by atoms with Gasteiger partial charge in [-0.05, 0) is 52.8 Å². The van der Waals surface area contributed by atoms with Crippen LogP contribution in [0.3, 0.4) is 0 Å². The Morgan fingerprint density at radius 3 is 2.17 bits per heavy atom. The van der Waals surface area contributed by atoms with Gasteiger partial charge in [-0.25, -0.2) is 9.22 Å². The van der Waals surface area contributed by atoms with Crippen molar-refractivity contribution in [3.8, 4) is 0 Å². The molecule has 1 aliphatic heterocycles. The molecule has 2 rings (SSSR count). The largest absolute Gasteiger partial charge is 0.480 e. The van der Waals surface area contributed by atoms with Crippen LogP contribution in [-0.4, -0.2) is 61.5 Å². The summed E-state index contributed by atoms with van der Waals surface area (Å²) in [6.07, 6.45) is 0. The minimum atomic E-state index is -2.37. The molecule has 0 aliphatic carbocycles. The van der Waals surface area contributed by atoms with E-state index in [4.69, 9.17) is 0 Å². The molecule has 0 amide bonds. The predicted octanol–water partition coefficient (Wildman–Crippen LogP) is 1.88. The van der Waals surface area contributed by atoms with Crippen molar-refractivity contribution in [3.05, 3.63) is 27.8 Å². The zero-order valence-electron chi connectivity index (χ0n) is 13.6. The average Bonchev–Trinajstić information content (AvgIpc) is 2.52. The number of benzene rings is 1. The Balaban J connectivity index is 2.09. The molecule has 0 aromatic heterocycles. The van der Waals surface area contributed by atoms with Gasteiger partial charge in [-0.15, -0.1) is 4.41 Å². The van der Waals surface area contributed by atoms with Crippen LogP contribution in [0.2, 0.25) is 0 Å². The molecule has 2 N–H and O–H groups in total. The van der Waals surface area contributed by atoms with Gasteiger partial charge >= 0.3 is 5.97 Å². The van der Waals surface area contributed by atoms with Crippen molar-refractivity contribution >= 4 is 45.5 Å². The molecule has 2 unspecified atom stereocenters. The number of aliphatic carboxylic acids is 1. The van der Waals surface area contributed by atoms with Gasteiger partial charge in [0.25, 0.3) is 0 Å². The maximum absolute atomic E-state index is 11.8. The van der Waals surface area contributed by atoms with Gasteiger partial charge in [-0.1, -0.05) is 13.8 Å². The van der Waals surface area contributed by atoms with Gasteiger partial charge in [0.05, 0.1) is 0 Å². The van der Waals surface area contributed by atoms with Gasteiger partial charge in [-0.3, -0.25) is 9.35 Å². The smallest absolute Gasteiger partial charge is 0.323 e. The summed E-state index contributed by atoms with van der Waals surface area (Å²) in [7, 11) is 0. The molecule has 1 fully saturated rings. The summed E-state index contributed by atoms with van der Waals surface area (Å²) < 4.78 is 23.6. The molecule has 1 aromatic carbocycles. The first-order valence-corrected chi connectivity index (χ1v) is 9.84. The van der Waals surface area contributed by atoms with Gasteiger partial charge in [0, 0.05) is 35.4 Å². The Hall–Kier alpha value is -0.750. The first-order chi connectivity index (χ1) is 11.3. The summed E-state index contributed by atoms with van der Waals surface area (Å²) in [5.74, 6) is -1.37. The molecule has 134 valence electrons. The Labute approximate surface area is 158 Å². The van der Waals surface area contributed by atoms with Crippen LogP contribution < -0.4 is 4.90 Å². The van der Waals surface area contributed by atoms with Gasteiger partial charge in [-0.2, -0.15) is 0 Å². The Kier molecular flexibility index (Phi) is 6.99. The van der Waals surface area contributed by atoms with Gasteiger partial charge in [0.15, 0.2) is 0 Å². The standard InChI is InChI=1S/C15H22IN3O4S/c1-11(2)14(15(20)21)19(24(22)23)18-9-7-17(8-10-18)13-5-3-12(16)4-6-13/h3-6,11,14H,7-10H2,1-2H3,(H,20,21)(H,22,23). The van der Waals surface area contributed by atoms with Crippen molar-refractivity contribution in [3.63, 3.8) is 0 Å². The average molecular weight is 467 g/mol. The van der Waals surface area contributed by atoms with Crippen molar-refractivity contribution < 1.29 is 18.7 Å². The van der Waals surface area contributed by atoms with Crippen LogP contribution in [0.1, 0.15) is 13.8 Å². The number of rotatable bonds is 6. The lowest BCUT2D eigenvalue weighted by atomic mass is 10.1. The maximum atomic E-state index is 11.8. The second kappa shape index (κ2) is 8.56. The molecule has 2 atom stereocenters. The van der Waals surface area contributed by atoms with Crippen LogP contribution in [0.25, 0.3) is 0 Å². The van der Waals surface area contributed by atoms with E-state index in [9.17, 15) is 18.7 Å². The molecule has 9 heteroatoms. The molecule has 1 aliphatic rings. The minimum absolute atomic E-state index is 0.284. The minimum Gasteiger partial charge on any atom is -0.480 e. The van der Waals surface area contributed by atoms with Crippen molar-refractivity contribution in [1.29, 1.82) is 0 Å². The second-order valence-electron chi connectivity index (χ2n) is 5.98. The number of carboxylic acid groups (broad SMARTS) is 1. The molecular formula is C15H22IN3O4S. The lowest BCUT2D eigenvalue weighted by Gasteiger charge is -2.42. The highest BCUT2D eigenvalue weighted by Gasteiger charge is 2.37. The Morgan fingerprint density at radius 1 is 1.21 bits per heavy atom. The first kappa shape index (κ1) is 19.6. The number of hydrogen-bond donors (Lipinski definition) is 2. The number of carboxylic acids is 1.